The Bertz CT molecular complexity index is 1100. The first-order valence-electron chi connectivity index (χ1n) is 10.0. The number of aryl methyl sites for hydroxylation is 1. The van der Waals surface area contributed by atoms with Gasteiger partial charge in [0.05, 0.1) is 17.4 Å². The summed E-state index contributed by atoms with van der Waals surface area (Å²) in [5, 5.41) is 7.54. The number of aromatic nitrogens is 5. The maximum atomic E-state index is 13.1. The maximum Gasteiger partial charge on any atom is 0.270 e. The van der Waals surface area contributed by atoms with Crippen molar-refractivity contribution in [1.29, 1.82) is 0 Å². The van der Waals surface area contributed by atoms with Gasteiger partial charge in [-0.15, -0.1) is 0 Å². The van der Waals surface area contributed by atoms with Gasteiger partial charge in [-0.1, -0.05) is 20.8 Å². The second-order valence-corrected chi connectivity index (χ2v) is 9.34. The van der Waals surface area contributed by atoms with Crippen molar-refractivity contribution >= 4 is 17.7 Å². The number of nitrogens with zero attached hydrogens (tertiary/aromatic N) is 4. The van der Waals surface area contributed by atoms with Crippen molar-refractivity contribution in [2.24, 2.45) is 7.05 Å². The van der Waals surface area contributed by atoms with Crippen LogP contribution in [0.5, 0.6) is 0 Å². The van der Waals surface area contributed by atoms with E-state index in [1.54, 1.807) is 42.0 Å². The molecule has 3 aromatic rings. The quantitative estimate of drug-likeness (QED) is 0.585. The lowest BCUT2D eigenvalue weighted by molar-refractivity contribution is 0.0925. The topological polar surface area (TPSA) is 106 Å². The highest BCUT2D eigenvalue weighted by Crippen LogP contribution is 2.23. The predicted octanol–water partition coefficient (Wildman–Crippen LogP) is 3.09. The second kappa shape index (κ2) is 9.47. The molecule has 9 heteroatoms. The number of hydrogen-bond acceptors (Lipinski definition) is 6. The summed E-state index contributed by atoms with van der Waals surface area (Å²) in [5.41, 5.74) is 2.09. The van der Waals surface area contributed by atoms with Crippen LogP contribution in [0.4, 0.5) is 0 Å². The standard InChI is InChI=1S/C22H28N6O2S/c1-22(2,3)18-12-17(28(4)27-18)21(30)25-15(8-10-31-5)16-11-19(29)26-20(24-16)14-7-6-9-23-13-14/h6-7,9,11-13,15H,8,10H2,1-5H3,(H,25,30)(H,24,26,29)/t15-/m0/s1. The van der Waals surface area contributed by atoms with Crippen LogP contribution in [0.25, 0.3) is 11.4 Å². The first-order valence-corrected chi connectivity index (χ1v) is 11.4. The van der Waals surface area contributed by atoms with Crippen LogP contribution in [0, 0.1) is 0 Å². The second-order valence-electron chi connectivity index (χ2n) is 8.36. The third-order valence-corrected chi connectivity index (χ3v) is 5.49. The van der Waals surface area contributed by atoms with E-state index >= 15 is 0 Å². The van der Waals surface area contributed by atoms with E-state index < -0.39 is 6.04 Å². The van der Waals surface area contributed by atoms with Gasteiger partial charge in [0, 0.05) is 36.5 Å². The van der Waals surface area contributed by atoms with Crippen LogP contribution in [0.15, 0.2) is 41.5 Å². The van der Waals surface area contributed by atoms with Gasteiger partial charge in [0.25, 0.3) is 11.5 Å². The molecule has 0 saturated heterocycles. The number of rotatable bonds is 7. The van der Waals surface area contributed by atoms with Gasteiger partial charge < -0.3 is 10.3 Å². The Morgan fingerprint density at radius 2 is 2.10 bits per heavy atom. The highest BCUT2D eigenvalue weighted by Gasteiger charge is 2.24. The predicted molar refractivity (Wildman–Crippen MR) is 123 cm³/mol. The molecule has 3 aromatic heterocycles. The first kappa shape index (κ1) is 22.7. The largest absolute Gasteiger partial charge is 0.342 e. The van der Waals surface area contributed by atoms with Crippen molar-refractivity contribution < 1.29 is 4.79 Å². The van der Waals surface area contributed by atoms with Gasteiger partial charge in [-0.05, 0) is 36.6 Å². The van der Waals surface area contributed by atoms with E-state index in [2.05, 4.69) is 46.1 Å². The van der Waals surface area contributed by atoms with Gasteiger partial charge in [-0.3, -0.25) is 19.3 Å². The summed E-state index contributed by atoms with van der Waals surface area (Å²) in [5.74, 6) is 0.983. The van der Waals surface area contributed by atoms with E-state index in [4.69, 9.17) is 0 Å². The number of hydrogen-bond donors (Lipinski definition) is 2. The van der Waals surface area contributed by atoms with Crippen molar-refractivity contribution in [2.75, 3.05) is 12.0 Å². The van der Waals surface area contributed by atoms with Crippen LogP contribution in [0.1, 0.15) is 55.1 Å². The van der Waals surface area contributed by atoms with Crippen LogP contribution in [-0.4, -0.2) is 42.6 Å². The molecule has 0 saturated carbocycles. The molecule has 0 fully saturated rings. The average Bonchev–Trinajstić information content (AvgIpc) is 3.13. The van der Waals surface area contributed by atoms with Gasteiger partial charge in [-0.25, -0.2) is 4.98 Å². The van der Waals surface area contributed by atoms with Crippen molar-refractivity contribution in [3.05, 3.63) is 64.1 Å². The van der Waals surface area contributed by atoms with Gasteiger partial charge in [-0.2, -0.15) is 16.9 Å². The fourth-order valence-corrected chi connectivity index (χ4v) is 3.57. The van der Waals surface area contributed by atoms with Gasteiger partial charge in [0.15, 0.2) is 0 Å². The molecule has 0 aliphatic carbocycles. The Hall–Kier alpha value is -2.94. The van der Waals surface area contributed by atoms with Crippen molar-refractivity contribution in [2.45, 2.75) is 38.6 Å². The molecule has 1 amide bonds. The molecular weight excluding hydrogens is 412 g/mol. The number of H-pyrrole nitrogens is 1. The van der Waals surface area contributed by atoms with E-state index in [9.17, 15) is 9.59 Å². The van der Waals surface area contributed by atoms with E-state index in [0.29, 0.717) is 29.2 Å². The molecule has 0 bridgehead atoms. The molecule has 31 heavy (non-hydrogen) atoms. The molecule has 0 radical (unpaired) electrons. The Balaban J connectivity index is 1.93. The van der Waals surface area contributed by atoms with E-state index in [0.717, 1.165) is 11.4 Å². The minimum absolute atomic E-state index is 0.165. The van der Waals surface area contributed by atoms with E-state index in [-0.39, 0.29) is 16.9 Å². The Morgan fingerprint density at radius 3 is 2.71 bits per heavy atom. The minimum Gasteiger partial charge on any atom is -0.342 e. The maximum absolute atomic E-state index is 13.1. The molecular formula is C22H28N6O2S. The Labute approximate surface area is 185 Å². The monoisotopic (exact) mass is 440 g/mol. The lowest BCUT2D eigenvalue weighted by Crippen LogP contribution is -2.32. The third kappa shape index (κ3) is 5.61. The van der Waals surface area contributed by atoms with Crippen molar-refractivity contribution in [3.8, 4) is 11.4 Å². The number of nitrogens with one attached hydrogen (secondary N) is 2. The Morgan fingerprint density at radius 1 is 1.32 bits per heavy atom. The Kier molecular flexibility index (Phi) is 6.94. The number of thioether (sulfide) groups is 1. The summed E-state index contributed by atoms with van der Waals surface area (Å²) in [6.07, 6.45) is 5.94. The number of amides is 1. The summed E-state index contributed by atoms with van der Waals surface area (Å²) in [6.45, 7) is 6.16. The molecule has 1 atom stereocenters. The molecule has 0 unspecified atom stereocenters. The highest BCUT2D eigenvalue weighted by atomic mass is 32.2. The number of carbonyl (C=O) groups excluding carboxylic acids is 1. The SMILES string of the molecule is CSCC[C@H](NC(=O)c1cc(C(C)(C)C)nn1C)c1cc(=O)[nH]c(-c2cccnc2)n1. The zero-order valence-corrected chi connectivity index (χ0v) is 19.3. The summed E-state index contributed by atoms with van der Waals surface area (Å²) >= 11 is 1.67. The van der Waals surface area contributed by atoms with Crippen LogP contribution >= 0.6 is 11.8 Å². The van der Waals surface area contributed by atoms with Crippen LogP contribution in [0.2, 0.25) is 0 Å². The number of carbonyl (C=O) groups is 1. The molecule has 2 N–H and O–H groups in total. The molecule has 0 aromatic carbocycles. The lowest BCUT2D eigenvalue weighted by Gasteiger charge is -2.18. The highest BCUT2D eigenvalue weighted by molar-refractivity contribution is 7.98. The summed E-state index contributed by atoms with van der Waals surface area (Å²) in [4.78, 5) is 36.9. The van der Waals surface area contributed by atoms with Crippen LogP contribution in [-0.2, 0) is 12.5 Å². The first-order chi connectivity index (χ1) is 14.7. The summed E-state index contributed by atoms with van der Waals surface area (Å²) < 4.78 is 1.59. The zero-order chi connectivity index (χ0) is 22.6. The van der Waals surface area contributed by atoms with E-state index in [1.165, 1.54) is 6.07 Å². The smallest absolute Gasteiger partial charge is 0.270 e. The molecule has 0 spiro atoms. The van der Waals surface area contributed by atoms with E-state index in [1.807, 2.05) is 18.4 Å². The third-order valence-electron chi connectivity index (χ3n) is 4.85. The van der Waals surface area contributed by atoms with Crippen molar-refractivity contribution in [3.63, 3.8) is 0 Å². The molecule has 8 nitrogen and oxygen atoms in total. The molecule has 164 valence electrons. The number of aromatic amines is 1. The normalized spacial score (nSPS) is 12.5. The zero-order valence-electron chi connectivity index (χ0n) is 18.5. The number of pyridine rings is 1. The fourth-order valence-electron chi connectivity index (χ4n) is 3.10. The molecule has 3 rings (SSSR count). The van der Waals surface area contributed by atoms with Gasteiger partial charge >= 0.3 is 0 Å². The van der Waals surface area contributed by atoms with Crippen LogP contribution < -0.4 is 10.9 Å². The van der Waals surface area contributed by atoms with Crippen LogP contribution in [0.3, 0.4) is 0 Å². The van der Waals surface area contributed by atoms with Gasteiger partial charge in [0.1, 0.15) is 11.5 Å². The molecule has 0 aliphatic heterocycles. The average molecular weight is 441 g/mol. The molecule has 0 aliphatic rings. The lowest BCUT2D eigenvalue weighted by atomic mass is 9.92. The van der Waals surface area contributed by atoms with Crippen molar-refractivity contribution in [1.82, 2.24) is 30.0 Å². The molecule has 3 heterocycles. The summed E-state index contributed by atoms with van der Waals surface area (Å²) in [6, 6.07) is 6.45. The minimum atomic E-state index is -0.411. The van der Waals surface area contributed by atoms with Gasteiger partial charge in [0.2, 0.25) is 0 Å². The fraction of sp³-hybridized carbons (Fsp3) is 0.409. The summed E-state index contributed by atoms with van der Waals surface area (Å²) in [7, 11) is 1.76.